The zero-order chi connectivity index (χ0) is 8.53. The van der Waals surface area contributed by atoms with Crippen LogP contribution in [0.5, 0.6) is 5.75 Å². The van der Waals surface area contributed by atoms with Crippen LogP contribution in [0.25, 0.3) is 0 Å². The molecule has 0 bridgehead atoms. The third kappa shape index (κ3) is 4.67. The van der Waals surface area contributed by atoms with Crippen LogP contribution in [0.2, 0.25) is 0 Å². The van der Waals surface area contributed by atoms with Gasteiger partial charge in [0, 0.05) is 0 Å². The maximum absolute atomic E-state index is 11.4. The summed E-state index contributed by atoms with van der Waals surface area (Å²) in [6, 6.07) is 8.78. The zero-order valence-electron chi connectivity index (χ0n) is 6.58. The van der Waals surface area contributed by atoms with Gasteiger partial charge in [0.2, 0.25) is 0 Å². The second-order valence-electron chi connectivity index (χ2n) is 1.46. The molecule has 0 aromatic heterocycles. The highest BCUT2D eigenvalue weighted by Gasteiger charge is 1.87. The van der Waals surface area contributed by atoms with E-state index in [1.54, 1.807) is 24.3 Å². The molecule has 0 N–H and O–H groups in total. The van der Waals surface area contributed by atoms with E-state index in [2.05, 4.69) is 4.18 Å². The summed E-state index contributed by atoms with van der Waals surface area (Å²) in [4.78, 5) is 0. The summed E-state index contributed by atoms with van der Waals surface area (Å²) in [7, 11) is 0. The summed E-state index contributed by atoms with van der Waals surface area (Å²) in [5, 5.41) is 0. The standard InChI is InChI=1S/C6H5FOS.C2H6/c7-9-8-6-4-2-1-3-5-6;1-2/h1-5H;1-2H3. The molecule has 0 amide bonds. The van der Waals surface area contributed by atoms with Crippen molar-refractivity contribution < 1.29 is 8.07 Å². The first-order valence-electron chi connectivity index (χ1n) is 3.44. The van der Waals surface area contributed by atoms with Gasteiger partial charge in [0.05, 0.1) is 0 Å². The van der Waals surface area contributed by atoms with E-state index in [0.29, 0.717) is 5.75 Å². The van der Waals surface area contributed by atoms with E-state index in [1.165, 1.54) is 0 Å². The molecule has 0 radical (unpaired) electrons. The number of benzene rings is 1. The van der Waals surface area contributed by atoms with Gasteiger partial charge in [0.15, 0.2) is 0 Å². The minimum atomic E-state index is -0.145. The summed E-state index contributed by atoms with van der Waals surface area (Å²) in [6.07, 6.45) is 0. The second-order valence-corrected chi connectivity index (χ2v) is 1.75. The zero-order valence-corrected chi connectivity index (χ0v) is 7.40. The Hall–Kier alpha value is -0.700. The first kappa shape index (κ1) is 10.3. The van der Waals surface area contributed by atoms with E-state index in [4.69, 9.17) is 0 Å². The predicted molar refractivity (Wildman–Crippen MR) is 47.1 cm³/mol. The number of para-hydroxylation sites is 1. The van der Waals surface area contributed by atoms with Crippen LogP contribution in [-0.2, 0) is 0 Å². The highest BCUT2D eigenvalue weighted by atomic mass is 32.2. The molecule has 1 aromatic carbocycles. The molecule has 1 aromatic rings. The quantitative estimate of drug-likeness (QED) is 0.633. The molecule has 62 valence electrons. The van der Waals surface area contributed by atoms with Crippen LogP contribution in [-0.4, -0.2) is 0 Å². The van der Waals surface area contributed by atoms with Gasteiger partial charge in [-0.3, -0.25) is 0 Å². The number of hydrogen-bond donors (Lipinski definition) is 0. The van der Waals surface area contributed by atoms with Crippen molar-refractivity contribution in [1.82, 2.24) is 0 Å². The van der Waals surface area contributed by atoms with Gasteiger partial charge in [0.25, 0.3) is 12.4 Å². The molecule has 0 atom stereocenters. The Morgan fingerprint density at radius 2 is 1.73 bits per heavy atom. The summed E-state index contributed by atoms with van der Waals surface area (Å²) in [5.74, 6) is 0.532. The van der Waals surface area contributed by atoms with E-state index < -0.39 is 0 Å². The topological polar surface area (TPSA) is 9.23 Å². The summed E-state index contributed by atoms with van der Waals surface area (Å²) in [5.41, 5.74) is 0. The second kappa shape index (κ2) is 7.41. The van der Waals surface area contributed by atoms with Gasteiger partial charge in [-0.2, -0.15) is 0 Å². The normalized spacial score (nSPS) is 7.91. The van der Waals surface area contributed by atoms with Gasteiger partial charge < -0.3 is 4.18 Å². The van der Waals surface area contributed by atoms with E-state index in [1.807, 2.05) is 19.9 Å². The Balaban J connectivity index is 0.000000461. The van der Waals surface area contributed by atoms with E-state index in [-0.39, 0.29) is 12.4 Å². The molecule has 3 heteroatoms. The molecule has 0 fully saturated rings. The minimum absolute atomic E-state index is 0.145. The molecule has 0 aliphatic heterocycles. The maximum Gasteiger partial charge on any atom is 0.272 e. The first-order chi connectivity index (χ1) is 5.43. The molecule has 1 nitrogen and oxygen atoms in total. The molecule has 1 rings (SSSR count). The van der Waals surface area contributed by atoms with Crippen molar-refractivity contribution in [3.8, 4) is 5.75 Å². The summed E-state index contributed by atoms with van der Waals surface area (Å²) in [6.45, 7) is 4.00. The Labute approximate surface area is 71.1 Å². The van der Waals surface area contributed by atoms with E-state index >= 15 is 0 Å². The van der Waals surface area contributed by atoms with Crippen LogP contribution in [0.15, 0.2) is 30.3 Å². The van der Waals surface area contributed by atoms with Crippen LogP contribution in [0, 0.1) is 0 Å². The van der Waals surface area contributed by atoms with Crippen molar-refractivity contribution in [2.45, 2.75) is 13.8 Å². The highest BCUT2D eigenvalue weighted by molar-refractivity contribution is 7.89. The Morgan fingerprint density at radius 3 is 2.18 bits per heavy atom. The minimum Gasteiger partial charge on any atom is -0.397 e. The lowest BCUT2D eigenvalue weighted by atomic mass is 10.3. The van der Waals surface area contributed by atoms with Gasteiger partial charge in [-0.05, 0) is 12.1 Å². The first-order valence-corrected chi connectivity index (χ1v) is 4.08. The molecule has 0 saturated carbocycles. The van der Waals surface area contributed by atoms with Crippen LogP contribution in [0.1, 0.15) is 13.8 Å². The van der Waals surface area contributed by atoms with Crippen LogP contribution < -0.4 is 4.18 Å². The maximum atomic E-state index is 11.4. The third-order valence-corrected chi connectivity index (χ3v) is 1.13. The van der Waals surface area contributed by atoms with Gasteiger partial charge >= 0.3 is 0 Å². The van der Waals surface area contributed by atoms with Crippen LogP contribution in [0.3, 0.4) is 0 Å². The van der Waals surface area contributed by atoms with Crippen molar-refractivity contribution in [1.29, 1.82) is 0 Å². The average molecular weight is 174 g/mol. The van der Waals surface area contributed by atoms with Crippen molar-refractivity contribution >= 4 is 12.4 Å². The van der Waals surface area contributed by atoms with E-state index in [9.17, 15) is 3.89 Å². The highest BCUT2D eigenvalue weighted by Crippen LogP contribution is 2.14. The molecule has 0 spiro atoms. The molecule has 0 saturated heterocycles. The lowest BCUT2D eigenvalue weighted by Gasteiger charge is -1.93. The number of hydrogen-bond acceptors (Lipinski definition) is 2. The molecular weight excluding hydrogens is 163 g/mol. The molecular formula is C8H11FOS. The van der Waals surface area contributed by atoms with Gasteiger partial charge in [-0.15, -0.1) is 3.89 Å². The van der Waals surface area contributed by atoms with Crippen LogP contribution >= 0.6 is 12.4 Å². The molecule has 11 heavy (non-hydrogen) atoms. The fourth-order valence-corrected chi connectivity index (χ4v) is 0.696. The van der Waals surface area contributed by atoms with Crippen molar-refractivity contribution in [3.63, 3.8) is 0 Å². The fourth-order valence-electron chi connectivity index (χ4n) is 0.512. The molecule has 0 aliphatic rings. The third-order valence-electron chi connectivity index (χ3n) is 0.871. The summed E-state index contributed by atoms with van der Waals surface area (Å²) < 4.78 is 15.8. The molecule has 0 aliphatic carbocycles. The van der Waals surface area contributed by atoms with Gasteiger partial charge in [-0.1, -0.05) is 32.0 Å². The average Bonchev–Trinajstić information content (AvgIpc) is 2.11. The fraction of sp³-hybridized carbons (Fsp3) is 0.250. The molecule has 0 unspecified atom stereocenters. The lowest BCUT2D eigenvalue weighted by molar-refractivity contribution is 0.611. The predicted octanol–water partition coefficient (Wildman–Crippen LogP) is 3.62. The largest absolute Gasteiger partial charge is 0.397 e. The number of halogens is 1. The lowest BCUT2D eigenvalue weighted by Crippen LogP contribution is -1.73. The molecule has 0 heterocycles. The van der Waals surface area contributed by atoms with Crippen LogP contribution in [0.4, 0.5) is 3.89 Å². The van der Waals surface area contributed by atoms with E-state index in [0.717, 1.165) is 0 Å². The summed E-state index contributed by atoms with van der Waals surface area (Å²) >= 11 is -0.145. The Morgan fingerprint density at radius 1 is 1.18 bits per heavy atom. The Kier molecular flexibility index (Phi) is 6.94. The van der Waals surface area contributed by atoms with Crippen molar-refractivity contribution in [2.75, 3.05) is 0 Å². The van der Waals surface area contributed by atoms with Crippen molar-refractivity contribution in [2.24, 2.45) is 0 Å². The number of rotatable bonds is 2. The SMILES string of the molecule is CC.FSOc1ccccc1. The smallest absolute Gasteiger partial charge is 0.272 e. The van der Waals surface area contributed by atoms with Gasteiger partial charge in [-0.25, -0.2) is 0 Å². The van der Waals surface area contributed by atoms with Gasteiger partial charge in [0.1, 0.15) is 5.75 Å². The Bertz CT molecular complexity index is 167. The monoisotopic (exact) mass is 174 g/mol. The van der Waals surface area contributed by atoms with Crippen molar-refractivity contribution in [3.05, 3.63) is 30.3 Å².